The molecule has 22 heavy (non-hydrogen) atoms. The second-order valence-corrected chi connectivity index (χ2v) is 6.56. The SMILES string of the molecule is CN=C(NCCN1CCCC1)N(C)Cc1cc(Br)cn1C.I. The summed E-state index contributed by atoms with van der Waals surface area (Å²) in [6.07, 6.45) is 4.76. The number of nitrogens with zero attached hydrogens (tertiary/aromatic N) is 4. The minimum Gasteiger partial charge on any atom is -0.355 e. The molecule has 1 saturated heterocycles. The van der Waals surface area contributed by atoms with E-state index in [1.54, 1.807) is 0 Å². The molecule has 5 nitrogen and oxygen atoms in total. The number of rotatable bonds is 5. The number of halogens is 2. The lowest BCUT2D eigenvalue weighted by Crippen LogP contribution is -2.42. The van der Waals surface area contributed by atoms with Crippen LogP contribution in [-0.4, -0.2) is 60.6 Å². The van der Waals surface area contributed by atoms with Crippen LogP contribution < -0.4 is 5.32 Å². The first-order valence-electron chi connectivity index (χ1n) is 7.55. The molecule has 1 aliphatic heterocycles. The maximum absolute atomic E-state index is 4.38. The molecule has 0 unspecified atom stereocenters. The smallest absolute Gasteiger partial charge is 0.193 e. The highest BCUT2D eigenvalue weighted by Crippen LogP contribution is 2.14. The van der Waals surface area contributed by atoms with Gasteiger partial charge in [-0.2, -0.15) is 0 Å². The van der Waals surface area contributed by atoms with Gasteiger partial charge in [0.15, 0.2) is 5.96 Å². The van der Waals surface area contributed by atoms with Crippen molar-refractivity contribution in [1.29, 1.82) is 0 Å². The van der Waals surface area contributed by atoms with Crippen LogP contribution in [0.4, 0.5) is 0 Å². The minimum atomic E-state index is 0. The van der Waals surface area contributed by atoms with E-state index >= 15 is 0 Å². The molecule has 1 N–H and O–H groups in total. The van der Waals surface area contributed by atoms with Gasteiger partial charge < -0.3 is 19.7 Å². The Labute approximate surface area is 159 Å². The third-order valence-electron chi connectivity index (χ3n) is 3.96. The Balaban J connectivity index is 0.00000242. The predicted octanol–water partition coefficient (Wildman–Crippen LogP) is 2.51. The second kappa shape index (κ2) is 9.77. The van der Waals surface area contributed by atoms with Gasteiger partial charge >= 0.3 is 0 Å². The summed E-state index contributed by atoms with van der Waals surface area (Å²) in [5.41, 5.74) is 1.26. The second-order valence-electron chi connectivity index (χ2n) is 5.64. The highest BCUT2D eigenvalue weighted by molar-refractivity contribution is 14.0. The summed E-state index contributed by atoms with van der Waals surface area (Å²) in [5.74, 6) is 0.950. The lowest BCUT2D eigenvalue weighted by molar-refractivity contribution is 0.340. The van der Waals surface area contributed by atoms with Crippen LogP contribution in [0.25, 0.3) is 0 Å². The van der Waals surface area contributed by atoms with E-state index in [1.165, 1.54) is 31.6 Å². The molecule has 0 aromatic carbocycles. The molecule has 2 rings (SSSR count). The molecule has 0 spiro atoms. The van der Waals surface area contributed by atoms with Gasteiger partial charge in [-0.05, 0) is 47.9 Å². The van der Waals surface area contributed by atoms with Crippen LogP contribution in [0.1, 0.15) is 18.5 Å². The van der Waals surface area contributed by atoms with Gasteiger partial charge in [-0.1, -0.05) is 0 Å². The highest BCUT2D eigenvalue weighted by Gasteiger charge is 2.12. The summed E-state index contributed by atoms with van der Waals surface area (Å²) in [5, 5.41) is 3.46. The Morgan fingerprint density at radius 1 is 1.41 bits per heavy atom. The van der Waals surface area contributed by atoms with Crippen molar-refractivity contribution in [3.05, 3.63) is 22.4 Å². The first-order valence-corrected chi connectivity index (χ1v) is 8.34. The number of guanidine groups is 1. The molecule has 0 radical (unpaired) electrons. The number of likely N-dealkylation sites (tertiary alicyclic amines) is 1. The van der Waals surface area contributed by atoms with Crippen molar-refractivity contribution in [2.75, 3.05) is 40.3 Å². The normalized spacial score (nSPS) is 15.7. The molecule has 1 fully saturated rings. The lowest BCUT2D eigenvalue weighted by Gasteiger charge is -2.23. The van der Waals surface area contributed by atoms with E-state index in [1.807, 2.05) is 7.05 Å². The van der Waals surface area contributed by atoms with E-state index in [9.17, 15) is 0 Å². The predicted molar refractivity (Wildman–Crippen MR) is 107 cm³/mol. The van der Waals surface area contributed by atoms with Crippen LogP contribution in [0.15, 0.2) is 21.7 Å². The Morgan fingerprint density at radius 2 is 2.09 bits per heavy atom. The lowest BCUT2D eigenvalue weighted by atomic mass is 10.4. The summed E-state index contributed by atoms with van der Waals surface area (Å²) in [6, 6.07) is 2.15. The molecule has 1 aliphatic rings. The van der Waals surface area contributed by atoms with Gasteiger partial charge in [0, 0.05) is 50.6 Å². The molecule has 2 heterocycles. The quantitative estimate of drug-likeness (QED) is 0.397. The molecular formula is C15H27BrIN5. The van der Waals surface area contributed by atoms with E-state index in [0.717, 1.165) is 30.1 Å². The third-order valence-corrected chi connectivity index (χ3v) is 4.39. The van der Waals surface area contributed by atoms with Crippen molar-refractivity contribution in [2.45, 2.75) is 19.4 Å². The van der Waals surface area contributed by atoms with Crippen LogP contribution in [0.5, 0.6) is 0 Å². The Morgan fingerprint density at radius 3 is 2.64 bits per heavy atom. The summed E-state index contributed by atoms with van der Waals surface area (Å²) in [4.78, 5) is 9.04. The van der Waals surface area contributed by atoms with Crippen LogP contribution in [-0.2, 0) is 13.6 Å². The molecule has 1 aromatic heterocycles. The Hall–Kier alpha value is -0.280. The maximum atomic E-state index is 4.38. The van der Waals surface area contributed by atoms with E-state index in [0.29, 0.717) is 0 Å². The average molecular weight is 484 g/mol. The van der Waals surface area contributed by atoms with Crippen molar-refractivity contribution in [1.82, 2.24) is 19.7 Å². The molecule has 0 atom stereocenters. The zero-order chi connectivity index (χ0) is 15.2. The van der Waals surface area contributed by atoms with Crippen LogP contribution in [0, 0.1) is 0 Å². The zero-order valence-corrected chi connectivity index (χ0v) is 17.6. The fraction of sp³-hybridized carbons (Fsp3) is 0.667. The number of nitrogens with one attached hydrogen (secondary N) is 1. The topological polar surface area (TPSA) is 35.8 Å². The van der Waals surface area contributed by atoms with Gasteiger partial charge in [-0.15, -0.1) is 24.0 Å². The molecule has 1 aromatic rings. The summed E-state index contributed by atoms with van der Waals surface area (Å²) >= 11 is 3.52. The van der Waals surface area contributed by atoms with Crippen LogP contribution >= 0.6 is 39.9 Å². The average Bonchev–Trinajstić information content (AvgIpc) is 3.05. The summed E-state index contributed by atoms with van der Waals surface area (Å²) < 4.78 is 3.25. The van der Waals surface area contributed by atoms with Crippen molar-refractivity contribution in [3.63, 3.8) is 0 Å². The number of aliphatic imine (C=N–C) groups is 1. The number of hydrogen-bond acceptors (Lipinski definition) is 2. The molecule has 0 bridgehead atoms. The largest absolute Gasteiger partial charge is 0.355 e. The standard InChI is InChI=1S/C15H26BrN5.HI/c1-17-15(18-6-9-21-7-4-5-8-21)20(3)12-14-10-13(16)11-19(14)2;/h10-11H,4-9,12H2,1-3H3,(H,17,18);1H. The number of aryl methyl sites for hydroxylation is 1. The minimum absolute atomic E-state index is 0. The molecule has 0 aliphatic carbocycles. The van der Waals surface area contributed by atoms with E-state index < -0.39 is 0 Å². The monoisotopic (exact) mass is 483 g/mol. The van der Waals surface area contributed by atoms with Crippen molar-refractivity contribution in [3.8, 4) is 0 Å². The highest BCUT2D eigenvalue weighted by atomic mass is 127. The first-order chi connectivity index (χ1) is 10.1. The van der Waals surface area contributed by atoms with Crippen LogP contribution in [0.3, 0.4) is 0 Å². The molecular weight excluding hydrogens is 457 g/mol. The summed E-state index contributed by atoms with van der Waals surface area (Å²) in [6.45, 7) is 5.38. The van der Waals surface area contributed by atoms with Gasteiger partial charge in [-0.25, -0.2) is 0 Å². The Kier molecular flexibility index (Phi) is 8.78. The fourth-order valence-corrected chi connectivity index (χ4v) is 3.33. The molecule has 126 valence electrons. The van der Waals surface area contributed by atoms with Crippen LogP contribution in [0.2, 0.25) is 0 Å². The van der Waals surface area contributed by atoms with E-state index in [4.69, 9.17) is 0 Å². The fourth-order valence-electron chi connectivity index (χ4n) is 2.76. The summed E-state index contributed by atoms with van der Waals surface area (Å²) in [7, 11) is 5.99. The molecule has 0 saturated carbocycles. The van der Waals surface area contributed by atoms with Gasteiger partial charge in [0.2, 0.25) is 0 Å². The Bertz CT molecular complexity index is 482. The van der Waals surface area contributed by atoms with Crippen molar-refractivity contribution >= 4 is 45.9 Å². The van der Waals surface area contributed by atoms with Gasteiger partial charge in [0.05, 0.1) is 6.54 Å². The number of aromatic nitrogens is 1. The van der Waals surface area contributed by atoms with Crippen molar-refractivity contribution in [2.24, 2.45) is 12.0 Å². The third kappa shape index (κ3) is 5.73. The van der Waals surface area contributed by atoms with Gasteiger partial charge in [0.25, 0.3) is 0 Å². The molecule has 0 amide bonds. The van der Waals surface area contributed by atoms with E-state index in [-0.39, 0.29) is 24.0 Å². The van der Waals surface area contributed by atoms with Gasteiger partial charge in [-0.3, -0.25) is 4.99 Å². The number of hydrogen-bond donors (Lipinski definition) is 1. The van der Waals surface area contributed by atoms with Crippen molar-refractivity contribution < 1.29 is 0 Å². The first kappa shape index (κ1) is 19.8. The van der Waals surface area contributed by atoms with E-state index in [2.05, 4.69) is 67.0 Å². The van der Waals surface area contributed by atoms with Gasteiger partial charge in [0.1, 0.15) is 0 Å². The zero-order valence-electron chi connectivity index (χ0n) is 13.7. The molecule has 7 heteroatoms. The maximum Gasteiger partial charge on any atom is 0.193 e.